The van der Waals surface area contributed by atoms with Crippen molar-refractivity contribution in [2.24, 2.45) is 0 Å². The fourth-order valence-corrected chi connectivity index (χ4v) is 2.66. The van der Waals surface area contributed by atoms with Gasteiger partial charge in [0.1, 0.15) is 5.75 Å². The molecular weight excluding hydrogens is 314 g/mol. The molecule has 0 unspecified atom stereocenters. The molecule has 0 bridgehead atoms. The summed E-state index contributed by atoms with van der Waals surface area (Å²) in [5.41, 5.74) is 1.82. The minimum atomic E-state index is -1.19. The fraction of sp³-hybridized carbons (Fsp3) is 0.176. The first kappa shape index (κ1) is 16.9. The summed E-state index contributed by atoms with van der Waals surface area (Å²) >= 11 is 1.46. The van der Waals surface area contributed by atoms with Crippen LogP contribution in [0.3, 0.4) is 0 Å². The minimum Gasteiger partial charge on any atom is -0.545 e. The molecule has 0 radical (unpaired) electrons. The molecule has 2 aromatic carbocycles. The molecule has 0 atom stereocenters. The normalized spacial score (nSPS) is 10.1. The highest BCUT2D eigenvalue weighted by Crippen LogP contribution is 2.16. The third-order valence-corrected chi connectivity index (χ3v) is 4.07. The van der Waals surface area contributed by atoms with Crippen molar-refractivity contribution in [1.82, 2.24) is 0 Å². The summed E-state index contributed by atoms with van der Waals surface area (Å²) in [5.74, 6) is 0.393. The van der Waals surface area contributed by atoms with Crippen LogP contribution in [0.15, 0.2) is 48.5 Å². The number of thioether (sulfide) groups is 1. The molecule has 5 nitrogen and oxygen atoms in total. The van der Waals surface area contributed by atoms with Crippen molar-refractivity contribution >= 4 is 29.3 Å². The Morgan fingerprint density at radius 3 is 2.30 bits per heavy atom. The lowest BCUT2D eigenvalue weighted by Gasteiger charge is -2.07. The Morgan fingerprint density at radius 1 is 1.09 bits per heavy atom. The van der Waals surface area contributed by atoms with Gasteiger partial charge in [-0.15, -0.1) is 11.8 Å². The zero-order valence-corrected chi connectivity index (χ0v) is 13.4. The van der Waals surface area contributed by atoms with Crippen LogP contribution in [0.5, 0.6) is 5.75 Å². The number of benzene rings is 2. The number of methoxy groups -OCH3 is 1. The van der Waals surface area contributed by atoms with Crippen molar-refractivity contribution in [2.75, 3.05) is 18.2 Å². The molecule has 6 heteroatoms. The van der Waals surface area contributed by atoms with Crippen molar-refractivity contribution in [2.45, 2.75) is 5.75 Å². The summed E-state index contributed by atoms with van der Waals surface area (Å²) in [6.07, 6.45) is 0. The number of carbonyl (C=O) groups excluding carboxylic acids is 2. The molecular formula is C17H16NO4S-. The number of anilines is 1. The maximum atomic E-state index is 11.9. The first-order chi connectivity index (χ1) is 11.1. The third-order valence-electron chi connectivity index (χ3n) is 3.07. The zero-order valence-electron chi connectivity index (χ0n) is 12.6. The highest BCUT2D eigenvalue weighted by Gasteiger charge is 2.04. The van der Waals surface area contributed by atoms with Crippen molar-refractivity contribution < 1.29 is 19.4 Å². The number of carboxylic acid groups (broad SMARTS) is 1. The second-order valence-electron chi connectivity index (χ2n) is 4.75. The summed E-state index contributed by atoms with van der Waals surface area (Å²) < 4.78 is 5.05. The topological polar surface area (TPSA) is 78.5 Å². The smallest absolute Gasteiger partial charge is 0.234 e. The van der Waals surface area contributed by atoms with Crippen LogP contribution in [0.1, 0.15) is 15.9 Å². The first-order valence-corrected chi connectivity index (χ1v) is 8.06. The molecule has 0 saturated carbocycles. The van der Waals surface area contributed by atoms with Crippen LogP contribution >= 0.6 is 11.8 Å². The predicted octanol–water partition coefficient (Wildman–Crippen LogP) is 1.93. The molecule has 0 aliphatic rings. The fourth-order valence-electron chi connectivity index (χ4n) is 1.87. The van der Waals surface area contributed by atoms with E-state index in [1.54, 1.807) is 43.5 Å². The van der Waals surface area contributed by atoms with Crippen molar-refractivity contribution in [3.63, 3.8) is 0 Å². The summed E-state index contributed by atoms with van der Waals surface area (Å²) in [7, 11) is 1.59. The largest absolute Gasteiger partial charge is 0.545 e. The molecule has 2 rings (SSSR count). The molecule has 0 fully saturated rings. The molecule has 0 aromatic heterocycles. The van der Waals surface area contributed by atoms with E-state index in [-0.39, 0.29) is 11.5 Å². The van der Waals surface area contributed by atoms with Gasteiger partial charge in [0, 0.05) is 11.4 Å². The van der Waals surface area contributed by atoms with Crippen LogP contribution in [-0.4, -0.2) is 24.7 Å². The van der Waals surface area contributed by atoms with Crippen molar-refractivity contribution in [3.05, 3.63) is 59.7 Å². The van der Waals surface area contributed by atoms with Gasteiger partial charge in [0.2, 0.25) is 5.91 Å². The number of carbonyl (C=O) groups is 2. The first-order valence-electron chi connectivity index (χ1n) is 6.90. The average molecular weight is 330 g/mol. The zero-order chi connectivity index (χ0) is 16.7. The number of carboxylic acids is 1. The van der Waals surface area contributed by atoms with Crippen LogP contribution in [0, 0.1) is 0 Å². The van der Waals surface area contributed by atoms with Gasteiger partial charge in [-0.3, -0.25) is 4.79 Å². The molecule has 0 aliphatic heterocycles. The minimum absolute atomic E-state index is 0.0912. The Morgan fingerprint density at radius 2 is 1.74 bits per heavy atom. The van der Waals surface area contributed by atoms with Gasteiger partial charge in [-0.1, -0.05) is 24.3 Å². The Labute approximate surface area is 138 Å². The second-order valence-corrected chi connectivity index (χ2v) is 5.74. The van der Waals surface area contributed by atoms with E-state index in [4.69, 9.17) is 4.74 Å². The molecule has 0 aliphatic carbocycles. The van der Waals surface area contributed by atoms with Crippen LogP contribution in [0.2, 0.25) is 0 Å². The highest BCUT2D eigenvalue weighted by molar-refractivity contribution is 7.99. The lowest BCUT2D eigenvalue weighted by atomic mass is 10.1. The van der Waals surface area contributed by atoms with Crippen molar-refractivity contribution in [1.29, 1.82) is 0 Å². The van der Waals surface area contributed by atoms with E-state index in [1.807, 2.05) is 0 Å². The molecule has 2 aromatic rings. The number of aromatic carboxylic acids is 1. The maximum Gasteiger partial charge on any atom is 0.234 e. The van der Waals surface area contributed by atoms with E-state index >= 15 is 0 Å². The van der Waals surface area contributed by atoms with Gasteiger partial charge in [-0.05, 0) is 35.4 Å². The SMILES string of the molecule is COc1ccc(NC(=O)CSCc2ccc(C(=O)[O-])cc2)cc1. The third kappa shape index (κ3) is 5.34. The molecule has 0 heterocycles. The molecule has 1 amide bonds. The highest BCUT2D eigenvalue weighted by atomic mass is 32.2. The Bertz CT molecular complexity index is 668. The molecule has 0 saturated heterocycles. The number of hydrogen-bond acceptors (Lipinski definition) is 5. The van der Waals surface area contributed by atoms with Gasteiger partial charge in [0.05, 0.1) is 18.8 Å². The molecule has 1 N–H and O–H groups in total. The average Bonchev–Trinajstić information content (AvgIpc) is 2.56. The van der Waals surface area contributed by atoms with E-state index in [0.29, 0.717) is 11.5 Å². The van der Waals surface area contributed by atoms with Gasteiger partial charge in [-0.2, -0.15) is 0 Å². The van der Waals surface area contributed by atoms with Crippen LogP contribution in [0.25, 0.3) is 0 Å². The van der Waals surface area contributed by atoms with Crippen LogP contribution in [-0.2, 0) is 10.5 Å². The number of amides is 1. The van der Waals surface area contributed by atoms with Gasteiger partial charge < -0.3 is 20.0 Å². The van der Waals surface area contributed by atoms with Gasteiger partial charge in [0.15, 0.2) is 0 Å². The van der Waals surface area contributed by atoms with E-state index < -0.39 is 5.97 Å². The Balaban J connectivity index is 1.76. The van der Waals surface area contributed by atoms with Crippen LogP contribution in [0.4, 0.5) is 5.69 Å². The molecule has 0 spiro atoms. The standard InChI is InChI=1S/C17H17NO4S/c1-22-15-8-6-14(7-9-15)18-16(19)11-23-10-12-2-4-13(5-3-12)17(20)21/h2-9H,10-11H2,1H3,(H,18,19)(H,20,21)/p-1. The number of rotatable bonds is 7. The summed E-state index contributed by atoms with van der Waals surface area (Å²) in [5, 5.41) is 13.5. The van der Waals surface area contributed by atoms with E-state index in [1.165, 1.54) is 23.9 Å². The second kappa shape index (κ2) is 8.24. The van der Waals surface area contributed by atoms with Crippen molar-refractivity contribution in [3.8, 4) is 5.75 Å². The Kier molecular flexibility index (Phi) is 6.05. The van der Waals surface area contributed by atoms with Crippen LogP contribution < -0.4 is 15.2 Å². The molecule has 23 heavy (non-hydrogen) atoms. The number of hydrogen-bond donors (Lipinski definition) is 1. The van der Waals surface area contributed by atoms with Gasteiger partial charge in [0.25, 0.3) is 0 Å². The lowest BCUT2D eigenvalue weighted by Crippen LogP contribution is -2.21. The Hall–Kier alpha value is -2.47. The number of ether oxygens (including phenoxy) is 1. The molecule has 120 valence electrons. The van der Waals surface area contributed by atoms with Gasteiger partial charge in [-0.25, -0.2) is 0 Å². The maximum absolute atomic E-state index is 11.9. The predicted molar refractivity (Wildman–Crippen MR) is 88.6 cm³/mol. The monoisotopic (exact) mass is 330 g/mol. The van der Waals surface area contributed by atoms with E-state index in [0.717, 1.165) is 17.0 Å². The number of nitrogens with one attached hydrogen (secondary N) is 1. The van der Waals surface area contributed by atoms with E-state index in [2.05, 4.69) is 5.32 Å². The summed E-state index contributed by atoms with van der Waals surface area (Å²) in [6.45, 7) is 0. The van der Waals surface area contributed by atoms with E-state index in [9.17, 15) is 14.7 Å². The van der Waals surface area contributed by atoms with Gasteiger partial charge >= 0.3 is 0 Å². The summed E-state index contributed by atoms with van der Waals surface area (Å²) in [6, 6.07) is 13.6. The lowest BCUT2D eigenvalue weighted by molar-refractivity contribution is -0.255. The quantitative estimate of drug-likeness (QED) is 0.839. The summed E-state index contributed by atoms with van der Waals surface area (Å²) in [4.78, 5) is 22.5.